The standard InChI is InChI=1S/C15H28N2O2/c1-12(19-14-8-4-2-3-5-9-14)15(18)17-11-13-7-6-10-16-13/h12-14,16H,2-11H2,1H3,(H,17,18). The Bertz CT molecular complexity index is 269. The number of hydrogen-bond donors (Lipinski definition) is 2. The normalized spacial score (nSPS) is 26.9. The minimum Gasteiger partial charge on any atom is -0.365 e. The van der Waals surface area contributed by atoms with Crippen molar-refractivity contribution in [3.63, 3.8) is 0 Å². The van der Waals surface area contributed by atoms with E-state index in [0.717, 1.165) is 32.4 Å². The Labute approximate surface area is 116 Å². The van der Waals surface area contributed by atoms with Gasteiger partial charge in [-0.05, 0) is 39.2 Å². The molecule has 0 bridgehead atoms. The Balaban J connectivity index is 1.65. The van der Waals surface area contributed by atoms with E-state index < -0.39 is 0 Å². The van der Waals surface area contributed by atoms with Crippen molar-refractivity contribution in [1.29, 1.82) is 0 Å². The van der Waals surface area contributed by atoms with Crippen LogP contribution >= 0.6 is 0 Å². The molecule has 1 saturated carbocycles. The first kappa shape index (κ1) is 14.8. The second kappa shape index (κ2) is 7.85. The van der Waals surface area contributed by atoms with Gasteiger partial charge in [-0.15, -0.1) is 0 Å². The van der Waals surface area contributed by atoms with Crippen molar-refractivity contribution in [2.45, 2.75) is 76.5 Å². The lowest BCUT2D eigenvalue weighted by Gasteiger charge is -2.21. The molecule has 4 nitrogen and oxygen atoms in total. The van der Waals surface area contributed by atoms with E-state index in [-0.39, 0.29) is 18.1 Å². The molecule has 19 heavy (non-hydrogen) atoms. The van der Waals surface area contributed by atoms with E-state index in [4.69, 9.17) is 4.74 Å². The number of rotatable bonds is 5. The van der Waals surface area contributed by atoms with E-state index in [0.29, 0.717) is 6.04 Å². The number of carbonyl (C=O) groups is 1. The van der Waals surface area contributed by atoms with Gasteiger partial charge in [-0.25, -0.2) is 0 Å². The SMILES string of the molecule is CC(OC1CCCCCC1)C(=O)NCC1CCCN1. The smallest absolute Gasteiger partial charge is 0.248 e. The maximum Gasteiger partial charge on any atom is 0.248 e. The van der Waals surface area contributed by atoms with Crippen LogP contribution in [0.25, 0.3) is 0 Å². The van der Waals surface area contributed by atoms with Gasteiger partial charge in [0.05, 0.1) is 6.10 Å². The fraction of sp³-hybridized carbons (Fsp3) is 0.933. The molecule has 2 rings (SSSR count). The monoisotopic (exact) mass is 268 g/mol. The van der Waals surface area contributed by atoms with Gasteiger partial charge in [0.1, 0.15) is 6.10 Å². The number of amides is 1. The zero-order chi connectivity index (χ0) is 13.5. The number of hydrogen-bond acceptors (Lipinski definition) is 3. The molecule has 1 aliphatic carbocycles. The first-order valence-electron chi connectivity index (χ1n) is 7.92. The van der Waals surface area contributed by atoms with Gasteiger partial charge in [-0.2, -0.15) is 0 Å². The van der Waals surface area contributed by atoms with Gasteiger partial charge < -0.3 is 15.4 Å². The maximum atomic E-state index is 12.0. The molecule has 2 unspecified atom stereocenters. The summed E-state index contributed by atoms with van der Waals surface area (Å²) in [6.45, 7) is 3.69. The molecule has 1 aliphatic heterocycles. The Kier molecular flexibility index (Phi) is 6.11. The van der Waals surface area contributed by atoms with Gasteiger partial charge >= 0.3 is 0 Å². The Hall–Kier alpha value is -0.610. The van der Waals surface area contributed by atoms with Crippen LogP contribution in [0, 0.1) is 0 Å². The number of carbonyl (C=O) groups excluding carboxylic acids is 1. The van der Waals surface area contributed by atoms with E-state index in [1.807, 2.05) is 6.92 Å². The molecule has 1 heterocycles. The molecule has 0 aromatic heterocycles. The third kappa shape index (κ3) is 5.11. The van der Waals surface area contributed by atoms with Gasteiger partial charge in [0, 0.05) is 12.6 Å². The summed E-state index contributed by atoms with van der Waals surface area (Å²) < 4.78 is 5.92. The molecule has 1 amide bonds. The largest absolute Gasteiger partial charge is 0.365 e. The van der Waals surface area contributed by atoms with Gasteiger partial charge in [-0.1, -0.05) is 25.7 Å². The summed E-state index contributed by atoms with van der Waals surface area (Å²) >= 11 is 0. The highest BCUT2D eigenvalue weighted by atomic mass is 16.5. The highest BCUT2D eigenvalue weighted by Gasteiger charge is 2.21. The molecular weight excluding hydrogens is 240 g/mol. The van der Waals surface area contributed by atoms with E-state index in [9.17, 15) is 4.79 Å². The molecule has 1 saturated heterocycles. The summed E-state index contributed by atoms with van der Waals surface area (Å²) in [5.74, 6) is 0.0398. The molecule has 110 valence electrons. The lowest BCUT2D eigenvalue weighted by molar-refractivity contribution is -0.135. The van der Waals surface area contributed by atoms with Crippen molar-refractivity contribution in [3.8, 4) is 0 Å². The molecule has 2 fully saturated rings. The summed E-state index contributed by atoms with van der Waals surface area (Å²) in [5, 5.41) is 6.39. The van der Waals surface area contributed by atoms with Crippen LogP contribution in [-0.2, 0) is 9.53 Å². The van der Waals surface area contributed by atoms with Gasteiger partial charge in [0.25, 0.3) is 0 Å². The lowest BCUT2D eigenvalue weighted by Crippen LogP contribution is -2.42. The minimum atomic E-state index is -0.315. The maximum absolute atomic E-state index is 12.0. The predicted octanol–water partition coefficient (Wildman–Crippen LogP) is 1.98. The lowest BCUT2D eigenvalue weighted by atomic mass is 10.1. The second-order valence-electron chi connectivity index (χ2n) is 5.93. The Morgan fingerprint density at radius 1 is 1.21 bits per heavy atom. The third-order valence-electron chi connectivity index (χ3n) is 4.25. The predicted molar refractivity (Wildman–Crippen MR) is 76.1 cm³/mol. The van der Waals surface area contributed by atoms with E-state index in [1.54, 1.807) is 0 Å². The Morgan fingerprint density at radius 3 is 2.58 bits per heavy atom. The van der Waals surface area contributed by atoms with Crippen molar-refractivity contribution in [1.82, 2.24) is 10.6 Å². The molecule has 2 N–H and O–H groups in total. The quantitative estimate of drug-likeness (QED) is 0.750. The van der Waals surface area contributed by atoms with Gasteiger partial charge in [0.15, 0.2) is 0 Å². The van der Waals surface area contributed by atoms with Gasteiger partial charge in [-0.3, -0.25) is 4.79 Å². The molecule has 2 aliphatic rings. The van der Waals surface area contributed by atoms with Gasteiger partial charge in [0.2, 0.25) is 5.91 Å². The van der Waals surface area contributed by atoms with Crippen molar-refractivity contribution in [3.05, 3.63) is 0 Å². The van der Waals surface area contributed by atoms with E-state index in [2.05, 4.69) is 10.6 Å². The van der Waals surface area contributed by atoms with Crippen molar-refractivity contribution >= 4 is 5.91 Å². The van der Waals surface area contributed by atoms with Crippen molar-refractivity contribution in [2.24, 2.45) is 0 Å². The van der Waals surface area contributed by atoms with Crippen LogP contribution in [0.3, 0.4) is 0 Å². The zero-order valence-corrected chi connectivity index (χ0v) is 12.1. The number of nitrogens with one attached hydrogen (secondary N) is 2. The van der Waals surface area contributed by atoms with Crippen LogP contribution in [0.4, 0.5) is 0 Å². The van der Waals surface area contributed by atoms with Crippen LogP contribution < -0.4 is 10.6 Å². The zero-order valence-electron chi connectivity index (χ0n) is 12.1. The van der Waals surface area contributed by atoms with E-state index >= 15 is 0 Å². The molecule has 2 atom stereocenters. The highest BCUT2D eigenvalue weighted by Crippen LogP contribution is 2.20. The topological polar surface area (TPSA) is 50.4 Å². The molecule has 0 spiro atoms. The molecule has 4 heteroatoms. The third-order valence-corrected chi connectivity index (χ3v) is 4.25. The first-order chi connectivity index (χ1) is 9.25. The summed E-state index contributed by atoms with van der Waals surface area (Å²) in [5.41, 5.74) is 0. The molecular formula is C15H28N2O2. The second-order valence-corrected chi connectivity index (χ2v) is 5.93. The highest BCUT2D eigenvalue weighted by molar-refractivity contribution is 5.80. The molecule has 0 aromatic rings. The van der Waals surface area contributed by atoms with Crippen LogP contribution in [-0.4, -0.2) is 37.2 Å². The average Bonchev–Trinajstić information content (AvgIpc) is 2.80. The van der Waals surface area contributed by atoms with Crippen LogP contribution in [0.15, 0.2) is 0 Å². The van der Waals surface area contributed by atoms with Crippen LogP contribution in [0.5, 0.6) is 0 Å². The number of ether oxygens (including phenoxy) is 1. The Morgan fingerprint density at radius 2 is 1.95 bits per heavy atom. The van der Waals surface area contributed by atoms with Crippen molar-refractivity contribution < 1.29 is 9.53 Å². The fourth-order valence-electron chi connectivity index (χ4n) is 3.03. The summed E-state index contributed by atoms with van der Waals surface area (Å²) in [7, 11) is 0. The summed E-state index contributed by atoms with van der Waals surface area (Å²) in [6, 6.07) is 0.453. The average molecular weight is 268 g/mol. The van der Waals surface area contributed by atoms with Crippen LogP contribution in [0.2, 0.25) is 0 Å². The summed E-state index contributed by atoms with van der Waals surface area (Å²) in [6.07, 6.45) is 9.69. The first-order valence-corrected chi connectivity index (χ1v) is 7.92. The fourth-order valence-corrected chi connectivity index (χ4v) is 3.03. The summed E-state index contributed by atoms with van der Waals surface area (Å²) in [4.78, 5) is 12.0. The van der Waals surface area contributed by atoms with Crippen molar-refractivity contribution in [2.75, 3.05) is 13.1 Å². The molecule has 0 aromatic carbocycles. The van der Waals surface area contributed by atoms with E-state index in [1.165, 1.54) is 32.1 Å². The van der Waals surface area contributed by atoms with Crippen LogP contribution in [0.1, 0.15) is 58.3 Å². The minimum absolute atomic E-state index is 0.0398. The molecule has 0 radical (unpaired) electrons.